The van der Waals surface area contributed by atoms with E-state index in [1.54, 1.807) is 60.5 Å². The summed E-state index contributed by atoms with van der Waals surface area (Å²) in [6.07, 6.45) is 0. The first-order valence-electron chi connectivity index (χ1n) is 10.8. The number of carbonyl (C=O) groups is 2. The molecule has 2 aromatic rings. The zero-order chi connectivity index (χ0) is 23.8. The zero-order valence-electron chi connectivity index (χ0n) is 18.9. The van der Waals surface area contributed by atoms with E-state index in [2.05, 4.69) is 10.6 Å². The van der Waals surface area contributed by atoms with E-state index in [9.17, 15) is 18.0 Å². The average molecular weight is 475 g/mol. The van der Waals surface area contributed by atoms with Gasteiger partial charge in [0.05, 0.1) is 23.6 Å². The van der Waals surface area contributed by atoms with Gasteiger partial charge in [-0.1, -0.05) is 29.8 Å². The first-order valence-corrected chi connectivity index (χ1v) is 12.2. The van der Waals surface area contributed by atoms with Crippen LogP contribution in [0.5, 0.6) is 0 Å². The van der Waals surface area contributed by atoms with E-state index >= 15 is 0 Å². The first-order chi connectivity index (χ1) is 15.8. The van der Waals surface area contributed by atoms with E-state index in [0.29, 0.717) is 37.5 Å². The number of para-hydroxylation sites is 1. The van der Waals surface area contributed by atoms with Crippen molar-refractivity contribution in [2.24, 2.45) is 0 Å². The first kappa shape index (κ1) is 24.7. The topological polar surface area (TPSA) is 108 Å². The van der Waals surface area contributed by atoms with Gasteiger partial charge in [-0.25, -0.2) is 8.42 Å². The Hall–Kier alpha value is -2.95. The van der Waals surface area contributed by atoms with Crippen LogP contribution in [0.3, 0.4) is 0 Å². The Kier molecular flexibility index (Phi) is 8.43. The third kappa shape index (κ3) is 6.31. The Labute approximate surface area is 194 Å². The van der Waals surface area contributed by atoms with Gasteiger partial charge in [0, 0.05) is 45.5 Å². The average Bonchev–Trinajstić information content (AvgIpc) is 2.83. The predicted octanol–water partition coefficient (Wildman–Crippen LogP) is 1.32. The lowest BCUT2D eigenvalue weighted by molar-refractivity contribution is -0.130. The quantitative estimate of drug-likeness (QED) is 0.531. The van der Waals surface area contributed by atoms with Gasteiger partial charge in [0.2, 0.25) is 15.9 Å². The maximum absolute atomic E-state index is 12.8. The highest BCUT2D eigenvalue weighted by Gasteiger charge is 2.30. The number of benzene rings is 2. The van der Waals surface area contributed by atoms with Gasteiger partial charge in [-0.3, -0.25) is 9.59 Å². The van der Waals surface area contributed by atoms with E-state index in [0.717, 1.165) is 5.56 Å². The molecule has 3 rings (SSSR count). The molecule has 2 amide bonds. The van der Waals surface area contributed by atoms with Crippen LogP contribution in [0, 0.1) is 6.92 Å². The predicted molar refractivity (Wildman–Crippen MR) is 126 cm³/mol. The van der Waals surface area contributed by atoms with Gasteiger partial charge in [0.25, 0.3) is 5.91 Å². The van der Waals surface area contributed by atoms with Gasteiger partial charge in [0.15, 0.2) is 0 Å². The highest BCUT2D eigenvalue weighted by molar-refractivity contribution is 7.89. The molecule has 0 aliphatic carbocycles. The lowest BCUT2D eigenvalue weighted by Crippen LogP contribution is -2.51. The van der Waals surface area contributed by atoms with Gasteiger partial charge in [0.1, 0.15) is 0 Å². The number of ether oxygens (including phenoxy) is 1. The molecular weight excluding hydrogens is 444 g/mol. The van der Waals surface area contributed by atoms with Crippen LogP contribution in [0.4, 0.5) is 5.69 Å². The van der Waals surface area contributed by atoms with Crippen molar-refractivity contribution in [2.75, 3.05) is 58.3 Å². The van der Waals surface area contributed by atoms with E-state index in [-0.39, 0.29) is 36.3 Å². The second-order valence-corrected chi connectivity index (χ2v) is 9.68. The molecule has 33 heavy (non-hydrogen) atoms. The SMILES string of the molecule is COCCNC(=O)c1ccccc1NCC(=O)N1CCN(S(=O)(=O)c2ccc(C)cc2)CC1. The molecule has 2 N–H and O–H groups in total. The number of aryl methyl sites for hydroxylation is 1. The van der Waals surface area contributed by atoms with Gasteiger partial charge < -0.3 is 20.3 Å². The van der Waals surface area contributed by atoms with Crippen LogP contribution in [0.15, 0.2) is 53.4 Å². The number of carbonyl (C=O) groups excluding carboxylic acids is 2. The molecule has 0 saturated carbocycles. The van der Waals surface area contributed by atoms with Crippen LogP contribution in [0.1, 0.15) is 15.9 Å². The Morgan fingerprint density at radius 3 is 2.33 bits per heavy atom. The van der Waals surface area contributed by atoms with Crippen molar-refractivity contribution in [3.63, 3.8) is 0 Å². The smallest absolute Gasteiger partial charge is 0.253 e. The van der Waals surface area contributed by atoms with Crippen LogP contribution in [-0.2, 0) is 19.6 Å². The molecule has 1 saturated heterocycles. The fourth-order valence-corrected chi connectivity index (χ4v) is 4.94. The second-order valence-electron chi connectivity index (χ2n) is 7.75. The molecule has 9 nitrogen and oxygen atoms in total. The van der Waals surface area contributed by atoms with Crippen LogP contribution in [-0.4, -0.2) is 82.4 Å². The summed E-state index contributed by atoms with van der Waals surface area (Å²) in [6, 6.07) is 13.7. The Balaban J connectivity index is 1.54. The number of hydrogen-bond acceptors (Lipinski definition) is 6. The summed E-state index contributed by atoms with van der Waals surface area (Å²) < 4.78 is 32.0. The van der Waals surface area contributed by atoms with E-state index in [1.807, 2.05) is 6.92 Å². The Bertz CT molecular complexity index is 1060. The van der Waals surface area contributed by atoms with Crippen molar-refractivity contribution < 1.29 is 22.7 Å². The van der Waals surface area contributed by atoms with Crippen LogP contribution in [0.2, 0.25) is 0 Å². The molecular formula is C23H30N4O5S. The lowest BCUT2D eigenvalue weighted by atomic mass is 10.1. The number of amides is 2. The Morgan fingerprint density at radius 2 is 1.67 bits per heavy atom. The zero-order valence-corrected chi connectivity index (χ0v) is 19.7. The normalized spacial score (nSPS) is 14.7. The fourth-order valence-electron chi connectivity index (χ4n) is 3.52. The molecule has 0 radical (unpaired) electrons. The number of methoxy groups -OCH3 is 1. The van der Waals surface area contributed by atoms with Crippen molar-refractivity contribution >= 4 is 27.5 Å². The number of anilines is 1. The molecule has 0 spiro atoms. The lowest BCUT2D eigenvalue weighted by Gasteiger charge is -2.34. The number of hydrogen-bond donors (Lipinski definition) is 2. The van der Waals surface area contributed by atoms with Gasteiger partial charge in [-0.15, -0.1) is 0 Å². The summed E-state index contributed by atoms with van der Waals surface area (Å²) in [6.45, 7) is 3.80. The molecule has 178 valence electrons. The number of rotatable bonds is 9. The van der Waals surface area contributed by atoms with Gasteiger partial charge in [-0.2, -0.15) is 4.31 Å². The Morgan fingerprint density at radius 1 is 1.00 bits per heavy atom. The monoisotopic (exact) mass is 474 g/mol. The number of piperazine rings is 1. The molecule has 1 fully saturated rings. The number of sulfonamides is 1. The summed E-state index contributed by atoms with van der Waals surface area (Å²) in [5.41, 5.74) is 1.99. The number of nitrogens with one attached hydrogen (secondary N) is 2. The van der Waals surface area contributed by atoms with E-state index < -0.39 is 10.0 Å². The molecule has 0 atom stereocenters. The molecule has 1 aliphatic heterocycles. The van der Waals surface area contributed by atoms with Crippen molar-refractivity contribution in [2.45, 2.75) is 11.8 Å². The van der Waals surface area contributed by atoms with Crippen molar-refractivity contribution in [3.05, 3.63) is 59.7 Å². The minimum Gasteiger partial charge on any atom is -0.383 e. The summed E-state index contributed by atoms with van der Waals surface area (Å²) >= 11 is 0. The van der Waals surface area contributed by atoms with E-state index in [4.69, 9.17) is 4.74 Å². The summed E-state index contributed by atoms with van der Waals surface area (Å²) in [5, 5.41) is 5.80. The molecule has 0 unspecified atom stereocenters. The van der Waals surface area contributed by atoms with Crippen molar-refractivity contribution in [1.82, 2.24) is 14.5 Å². The minimum absolute atomic E-state index is 0.00702. The molecule has 0 aromatic heterocycles. The number of nitrogens with zero attached hydrogens (tertiary/aromatic N) is 2. The molecule has 1 aliphatic rings. The molecule has 1 heterocycles. The summed E-state index contributed by atoms with van der Waals surface area (Å²) in [7, 11) is -2.02. The second kappa shape index (κ2) is 11.3. The van der Waals surface area contributed by atoms with Crippen molar-refractivity contribution in [1.29, 1.82) is 0 Å². The fraction of sp³-hybridized carbons (Fsp3) is 0.391. The van der Waals surface area contributed by atoms with Gasteiger partial charge in [-0.05, 0) is 31.2 Å². The molecule has 10 heteroatoms. The highest BCUT2D eigenvalue weighted by Crippen LogP contribution is 2.19. The van der Waals surface area contributed by atoms with Crippen molar-refractivity contribution in [3.8, 4) is 0 Å². The summed E-state index contributed by atoms with van der Waals surface area (Å²) in [5.74, 6) is -0.408. The highest BCUT2D eigenvalue weighted by atomic mass is 32.2. The third-order valence-corrected chi connectivity index (χ3v) is 7.36. The van der Waals surface area contributed by atoms with Crippen LogP contribution in [0.25, 0.3) is 0 Å². The maximum Gasteiger partial charge on any atom is 0.253 e. The largest absolute Gasteiger partial charge is 0.383 e. The maximum atomic E-state index is 12.8. The van der Waals surface area contributed by atoms with E-state index in [1.165, 1.54) is 4.31 Å². The minimum atomic E-state index is -3.58. The third-order valence-electron chi connectivity index (χ3n) is 5.44. The van der Waals surface area contributed by atoms with Crippen LogP contribution >= 0.6 is 0 Å². The van der Waals surface area contributed by atoms with Crippen LogP contribution < -0.4 is 10.6 Å². The molecule has 2 aromatic carbocycles. The molecule has 0 bridgehead atoms. The summed E-state index contributed by atoms with van der Waals surface area (Å²) in [4.78, 5) is 27.0. The standard InChI is InChI=1S/C23H30N4O5S/c1-18-7-9-19(10-8-18)33(30,31)27-14-12-26(13-15-27)22(28)17-25-21-6-4-3-5-20(21)23(29)24-11-16-32-2/h3-10,25H,11-17H2,1-2H3,(H,24,29). The van der Waals surface area contributed by atoms with Gasteiger partial charge >= 0.3 is 0 Å².